The summed E-state index contributed by atoms with van der Waals surface area (Å²) >= 11 is 0. The molecule has 146 valence electrons. The first-order chi connectivity index (χ1) is 14.2. The zero-order valence-electron chi connectivity index (χ0n) is 15.8. The van der Waals surface area contributed by atoms with E-state index in [9.17, 15) is 4.79 Å². The third-order valence-electron chi connectivity index (χ3n) is 4.23. The third kappa shape index (κ3) is 3.93. The van der Waals surface area contributed by atoms with E-state index in [1.54, 1.807) is 35.9 Å². The summed E-state index contributed by atoms with van der Waals surface area (Å²) in [6.07, 6.45) is 1.54. The maximum Gasteiger partial charge on any atom is 0.323 e. The molecule has 0 aliphatic carbocycles. The lowest BCUT2D eigenvalue weighted by molar-refractivity contribution is 0.262. The molecule has 0 spiro atoms. The number of anilines is 2. The number of methoxy groups -OCH3 is 2. The second-order valence-electron chi connectivity index (χ2n) is 6.08. The monoisotopic (exact) mass is 390 g/mol. The summed E-state index contributed by atoms with van der Waals surface area (Å²) < 4.78 is 12.1. The molecule has 9 heteroatoms. The number of benzene rings is 2. The summed E-state index contributed by atoms with van der Waals surface area (Å²) in [4.78, 5) is 12.4. The molecule has 0 saturated carbocycles. The minimum absolute atomic E-state index is 0.396. The first kappa shape index (κ1) is 18.2. The van der Waals surface area contributed by atoms with Crippen LogP contribution in [0.5, 0.6) is 11.5 Å². The fraction of sp³-hybridized carbons (Fsp3) is 0.100. The quantitative estimate of drug-likeness (QED) is 0.541. The molecule has 0 aliphatic rings. The minimum Gasteiger partial charge on any atom is -0.497 e. The Morgan fingerprint density at radius 1 is 1.00 bits per heavy atom. The molecule has 0 unspecified atom stereocenters. The normalized spacial score (nSPS) is 10.6. The van der Waals surface area contributed by atoms with Crippen molar-refractivity contribution in [1.82, 2.24) is 19.8 Å². The predicted octanol–water partition coefficient (Wildman–Crippen LogP) is 3.45. The van der Waals surface area contributed by atoms with Crippen molar-refractivity contribution >= 4 is 23.1 Å². The minimum atomic E-state index is -0.396. The topological polar surface area (TPSA) is 103 Å². The number of nitrogens with one attached hydrogen (secondary N) is 2. The van der Waals surface area contributed by atoms with Gasteiger partial charge in [0, 0.05) is 17.3 Å². The number of hydrogen-bond donors (Lipinski definition) is 2. The first-order valence-electron chi connectivity index (χ1n) is 8.74. The van der Waals surface area contributed by atoms with E-state index in [2.05, 4.69) is 25.9 Å². The molecule has 2 aromatic carbocycles. The average molecular weight is 390 g/mol. The van der Waals surface area contributed by atoms with Crippen molar-refractivity contribution in [2.45, 2.75) is 0 Å². The Hall–Kier alpha value is -4.14. The van der Waals surface area contributed by atoms with Gasteiger partial charge in [-0.25, -0.2) is 4.79 Å². The highest BCUT2D eigenvalue weighted by molar-refractivity contribution is 6.01. The number of ether oxygens (including phenoxy) is 2. The SMILES string of the molecule is COc1ccc(NC(=O)Nc2cccc(-c3ccc4nncn4n3)c2)c(OC)c1. The summed E-state index contributed by atoms with van der Waals surface area (Å²) in [5, 5.41) is 17.8. The van der Waals surface area contributed by atoms with E-state index in [0.29, 0.717) is 28.5 Å². The van der Waals surface area contributed by atoms with Crippen LogP contribution < -0.4 is 20.1 Å². The molecule has 2 N–H and O–H groups in total. The molecule has 0 radical (unpaired) electrons. The number of amides is 2. The number of rotatable bonds is 5. The summed E-state index contributed by atoms with van der Waals surface area (Å²) in [5.74, 6) is 1.14. The maximum absolute atomic E-state index is 12.4. The predicted molar refractivity (Wildman–Crippen MR) is 108 cm³/mol. The van der Waals surface area contributed by atoms with E-state index in [-0.39, 0.29) is 0 Å². The molecule has 29 heavy (non-hydrogen) atoms. The molecule has 2 amide bonds. The van der Waals surface area contributed by atoms with Crippen molar-refractivity contribution in [2.24, 2.45) is 0 Å². The van der Waals surface area contributed by atoms with Gasteiger partial charge >= 0.3 is 6.03 Å². The number of fused-ring (bicyclic) bond motifs is 1. The summed E-state index contributed by atoms with van der Waals surface area (Å²) in [7, 11) is 3.10. The van der Waals surface area contributed by atoms with Gasteiger partial charge in [-0.05, 0) is 36.4 Å². The summed E-state index contributed by atoms with van der Waals surface area (Å²) in [6, 6.07) is 15.8. The Bertz CT molecular complexity index is 1170. The second-order valence-corrected chi connectivity index (χ2v) is 6.08. The van der Waals surface area contributed by atoms with E-state index < -0.39 is 6.03 Å². The van der Waals surface area contributed by atoms with Crippen LogP contribution in [0.15, 0.2) is 60.9 Å². The fourth-order valence-electron chi connectivity index (χ4n) is 2.83. The lowest BCUT2D eigenvalue weighted by atomic mass is 10.1. The van der Waals surface area contributed by atoms with Crippen LogP contribution in [0.3, 0.4) is 0 Å². The van der Waals surface area contributed by atoms with Crippen LogP contribution in [0, 0.1) is 0 Å². The Morgan fingerprint density at radius 2 is 1.90 bits per heavy atom. The van der Waals surface area contributed by atoms with Gasteiger partial charge in [0.1, 0.15) is 17.8 Å². The van der Waals surface area contributed by atoms with Gasteiger partial charge in [0.25, 0.3) is 0 Å². The molecule has 0 atom stereocenters. The van der Waals surface area contributed by atoms with E-state index in [0.717, 1.165) is 11.3 Å². The zero-order valence-corrected chi connectivity index (χ0v) is 15.8. The molecule has 0 fully saturated rings. The number of nitrogens with zero attached hydrogens (tertiary/aromatic N) is 4. The largest absolute Gasteiger partial charge is 0.497 e. The van der Waals surface area contributed by atoms with E-state index in [1.807, 2.05) is 30.3 Å². The van der Waals surface area contributed by atoms with Crippen LogP contribution >= 0.6 is 0 Å². The Morgan fingerprint density at radius 3 is 2.72 bits per heavy atom. The molecule has 4 rings (SSSR count). The highest BCUT2D eigenvalue weighted by Crippen LogP contribution is 2.29. The fourth-order valence-corrected chi connectivity index (χ4v) is 2.83. The standard InChI is InChI=1S/C20H18N6O3/c1-28-15-6-7-17(18(11-15)29-2)23-20(27)22-14-5-3-4-13(10-14)16-8-9-19-24-21-12-26(19)25-16/h3-12H,1-2H3,(H2,22,23,27). The Balaban J connectivity index is 1.51. The van der Waals surface area contributed by atoms with Crippen LogP contribution in [0.25, 0.3) is 16.9 Å². The van der Waals surface area contributed by atoms with Crippen LogP contribution in [-0.2, 0) is 0 Å². The number of hydrogen-bond acceptors (Lipinski definition) is 6. The highest BCUT2D eigenvalue weighted by atomic mass is 16.5. The Kier molecular flexibility index (Phi) is 4.93. The van der Waals surface area contributed by atoms with Gasteiger partial charge in [-0.3, -0.25) is 0 Å². The van der Waals surface area contributed by atoms with Crippen molar-refractivity contribution in [3.8, 4) is 22.8 Å². The second kappa shape index (κ2) is 7.85. The lowest BCUT2D eigenvalue weighted by Crippen LogP contribution is -2.19. The van der Waals surface area contributed by atoms with Crippen molar-refractivity contribution < 1.29 is 14.3 Å². The molecule has 9 nitrogen and oxygen atoms in total. The van der Waals surface area contributed by atoms with Gasteiger partial charge < -0.3 is 20.1 Å². The first-order valence-corrected chi connectivity index (χ1v) is 8.74. The van der Waals surface area contributed by atoms with Gasteiger partial charge in [0.2, 0.25) is 0 Å². The van der Waals surface area contributed by atoms with E-state index in [4.69, 9.17) is 9.47 Å². The summed E-state index contributed by atoms with van der Waals surface area (Å²) in [5.41, 5.74) is 3.40. The summed E-state index contributed by atoms with van der Waals surface area (Å²) in [6.45, 7) is 0. The maximum atomic E-state index is 12.4. The number of carbonyl (C=O) groups excluding carboxylic acids is 1. The van der Waals surface area contributed by atoms with Crippen LogP contribution in [0.4, 0.5) is 16.2 Å². The molecular formula is C20H18N6O3. The van der Waals surface area contributed by atoms with Gasteiger partial charge in [-0.2, -0.15) is 9.61 Å². The van der Waals surface area contributed by atoms with E-state index in [1.165, 1.54) is 13.4 Å². The van der Waals surface area contributed by atoms with Gasteiger partial charge in [0.15, 0.2) is 5.65 Å². The van der Waals surface area contributed by atoms with Gasteiger partial charge in [0.05, 0.1) is 25.6 Å². The number of carbonyl (C=O) groups is 1. The molecule has 2 aromatic heterocycles. The number of urea groups is 1. The highest BCUT2D eigenvalue weighted by Gasteiger charge is 2.10. The zero-order chi connectivity index (χ0) is 20.2. The smallest absolute Gasteiger partial charge is 0.323 e. The van der Waals surface area contributed by atoms with Crippen molar-refractivity contribution in [3.05, 3.63) is 60.9 Å². The molecule has 0 aliphatic heterocycles. The van der Waals surface area contributed by atoms with E-state index >= 15 is 0 Å². The van der Waals surface area contributed by atoms with Crippen LogP contribution in [0.1, 0.15) is 0 Å². The Labute approximate surface area is 166 Å². The van der Waals surface area contributed by atoms with Crippen LogP contribution in [-0.4, -0.2) is 40.1 Å². The molecule has 0 bridgehead atoms. The molecule has 0 saturated heterocycles. The molecular weight excluding hydrogens is 372 g/mol. The molecule has 2 heterocycles. The third-order valence-corrected chi connectivity index (χ3v) is 4.23. The lowest BCUT2D eigenvalue weighted by Gasteiger charge is -2.13. The number of aromatic nitrogens is 4. The van der Waals surface area contributed by atoms with Crippen molar-refractivity contribution in [2.75, 3.05) is 24.9 Å². The van der Waals surface area contributed by atoms with Crippen molar-refractivity contribution in [3.63, 3.8) is 0 Å². The van der Waals surface area contributed by atoms with Gasteiger partial charge in [-0.15, -0.1) is 10.2 Å². The average Bonchev–Trinajstić information content (AvgIpc) is 3.22. The van der Waals surface area contributed by atoms with Crippen molar-refractivity contribution in [1.29, 1.82) is 0 Å². The van der Waals surface area contributed by atoms with Gasteiger partial charge in [-0.1, -0.05) is 12.1 Å². The molecule has 4 aromatic rings. The van der Waals surface area contributed by atoms with Crippen LogP contribution in [0.2, 0.25) is 0 Å².